The molecule has 4 aromatic rings. The maximum Gasteiger partial charge on any atom is 0.0623 e. The van der Waals surface area contributed by atoms with Gasteiger partial charge in [0.1, 0.15) is 0 Å². The summed E-state index contributed by atoms with van der Waals surface area (Å²) in [7, 11) is 0. The molecule has 3 aliphatic carbocycles. The van der Waals surface area contributed by atoms with Crippen molar-refractivity contribution in [2.45, 2.75) is 31.7 Å². The molecule has 0 radical (unpaired) electrons. The average molecular weight is 491 g/mol. The van der Waals surface area contributed by atoms with E-state index in [1.807, 2.05) is 0 Å². The first kappa shape index (κ1) is 21.8. The summed E-state index contributed by atoms with van der Waals surface area (Å²) in [4.78, 5) is 2.64. The van der Waals surface area contributed by atoms with Gasteiger partial charge in [0.05, 0.1) is 17.1 Å². The summed E-state index contributed by atoms with van der Waals surface area (Å²) in [5, 5.41) is 2.60. The fraction of sp³-hybridized carbons (Fsp3) is 0.167. The second-order valence-corrected chi connectivity index (χ2v) is 10.8. The number of nitrogens with zero attached hydrogens (tertiary/aromatic N) is 2. The summed E-state index contributed by atoms with van der Waals surface area (Å²) in [6.07, 6.45) is 23.4. The minimum absolute atomic E-state index is 0.405. The highest BCUT2D eigenvalue weighted by Crippen LogP contribution is 2.46. The van der Waals surface area contributed by atoms with Crippen LogP contribution in [0, 0.1) is 5.92 Å². The van der Waals surface area contributed by atoms with Crippen molar-refractivity contribution in [3.05, 3.63) is 144 Å². The van der Waals surface area contributed by atoms with Gasteiger partial charge in [0.15, 0.2) is 0 Å². The van der Waals surface area contributed by atoms with Crippen molar-refractivity contribution in [1.29, 1.82) is 0 Å². The van der Waals surface area contributed by atoms with Crippen molar-refractivity contribution in [1.82, 2.24) is 9.47 Å². The van der Waals surface area contributed by atoms with Crippen LogP contribution in [0.3, 0.4) is 0 Å². The van der Waals surface area contributed by atoms with Crippen LogP contribution in [-0.2, 0) is 0 Å². The monoisotopic (exact) mass is 490 g/mol. The van der Waals surface area contributed by atoms with Crippen LogP contribution in [0.5, 0.6) is 0 Å². The minimum atomic E-state index is 0.405. The number of rotatable bonds is 3. The Hall–Kier alpha value is -4.30. The zero-order valence-electron chi connectivity index (χ0n) is 21.4. The molecular formula is C36H30N2. The van der Waals surface area contributed by atoms with Crippen LogP contribution < -0.4 is 0 Å². The fourth-order valence-corrected chi connectivity index (χ4v) is 7.02. The first-order valence-corrected chi connectivity index (χ1v) is 13.9. The first-order valence-electron chi connectivity index (χ1n) is 13.9. The molecule has 2 atom stereocenters. The maximum absolute atomic E-state index is 2.64. The number of hydrogen-bond donors (Lipinski definition) is 0. The molecule has 0 saturated heterocycles. The van der Waals surface area contributed by atoms with E-state index in [1.54, 1.807) is 5.57 Å². The van der Waals surface area contributed by atoms with Gasteiger partial charge in [0.2, 0.25) is 0 Å². The molecule has 2 nitrogen and oxygen atoms in total. The highest BCUT2D eigenvalue weighted by atomic mass is 15.2. The van der Waals surface area contributed by atoms with E-state index in [9.17, 15) is 0 Å². The molecule has 3 aromatic carbocycles. The van der Waals surface area contributed by atoms with E-state index < -0.39 is 0 Å². The van der Waals surface area contributed by atoms with Crippen LogP contribution in [-0.4, -0.2) is 15.5 Å². The Bertz CT molecular complexity index is 1730. The molecular weight excluding hydrogens is 460 g/mol. The van der Waals surface area contributed by atoms with Gasteiger partial charge in [-0.15, -0.1) is 0 Å². The molecule has 0 spiro atoms. The summed E-state index contributed by atoms with van der Waals surface area (Å²) in [6, 6.07) is 27.0. The van der Waals surface area contributed by atoms with Crippen molar-refractivity contribution in [3.8, 4) is 5.69 Å². The predicted octanol–water partition coefficient (Wildman–Crippen LogP) is 8.88. The lowest BCUT2D eigenvalue weighted by Gasteiger charge is -2.33. The van der Waals surface area contributed by atoms with Gasteiger partial charge >= 0.3 is 0 Å². The van der Waals surface area contributed by atoms with Gasteiger partial charge in [0.25, 0.3) is 0 Å². The highest BCUT2D eigenvalue weighted by molar-refractivity contribution is 6.09. The minimum Gasteiger partial charge on any atom is -0.337 e. The first-order chi connectivity index (χ1) is 18.9. The molecule has 4 aliphatic rings. The molecule has 38 heavy (non-hydrogen) atoms. The quantitative estimate of drug-likeness (QED) is 0.278. The van der Waals surface area contributed by atoms with Gasteiger partial charge in [-0.3, -0.25) is 0 Å². The van der Waals surface area contributed by atoms with Crippen molar-refractivity contribution >= 4 is 27.4 Å². The van der Waals surface area contributed by atoms with Crippen LogP contribution in [0.1, 0.15) is 31.2 Å². The van der Waals surface area contributed by atoms with E-state index in [2.05, 4.69) is 131 Å². The molecule has 184 valence electrons. The number of para-hydroxylation sites is 2. The largest absolute Gasteiger partial charge is 0.337 e. The molecule has 2 heterocycles. The predicted molar refractivity (Wildman–Crippen MR) is 159 cm³/mol. The zero-order valence-corrected chi connectivity index (χ0v) is 21.4. The standard InChI is InChI=1S/C36H30N2/c1-5-19-33-29(15-1)30-16-2-6-20-34(30)37(33)27-13-9-11-25(23-27)26-12-10-14-28(24-26)38-35-21-7-3-17-31(35)32-18-4-8-22-36(32)38/h1-3,5-9,11-13,15-17,19-24,31,35H,4,10,14,18H2. The van der Waals surface area contributed by atoms with Crippen LogP contribution in [0.15, 0.2) is 138 Å². The lowest BCUT2D eigenvalue weighted by Crippen LogP contribution is -2.32. The summed E-state index contributed by atoms with van der Waals surface area (Å²) in [5.41, 5.74) is 10.8. The molecule has 0 bridgehead atoms. The SMILES string of the molecule is C1=CC2C3=C(C=CCC3)N(C3=CC(c4cccc(-n5c6ccccc6c6ccccc65)c4)=CCC3)C2C=C1. The molecule has 8 rings (SSSR count). The number of fused-ring (bicyclic) bond motifs is 5. The van der Waals surface area contributed by atoms with E-state index in [4.69, 9.17) is 0 Å². The summed E-state index contributed by atoms with van der Waals surface area (Å²) in [6.45, 7) is 0. The third-order valence-electron chi connectivity index (χ3n) is 8.66. The van der Waals surface area contributed by atoms with Gasteiger partial charge < -0.3 is 9.47 Å². The number of benzene rings is 3. The Morgan fingerprint density at radius 2 is 1.53 bits per heavy atom. The number of aromatic nitrogens is 1. The van der Waals surface area contributed by atoms with Gasteiger partial charge in [-0.25, -0.2) is 0 Å². The second-order valence-electron chi connectivity index (χ2n) is 10.8. The Balaban J connectivity index is 1.21. The normalized spacial score (nSPS) is 22.2. The Morgan fingerprint density at radius 3 is 2.37 bits per heavy atom. The van der Waals surface area contributed by atoms with E-state index in [0.717, 1.165) is 19.3 Å². The summed E-state index contributed by atoms with van der Waals surface area (Å²) >= 11 is 0. The van der Waals surface area contributed by atoms with E-state index in [0.29, 0.717) is 12.0 Å². The topological polar surface area (TPSA) is 8.17 Å². The Morgan fingerprint density at radius 1 is 0.737 bits per heavy atom. The maximum atomic E-state index is 2.64. The summed E-state index contributed by atoms with van der Waals surface area (Å²) in [5.74, 6) is 0.508. The molecule has 0 fully saturated rings. The number of hydrogen-bond acceptors (Lipinski definition) is 1. The van der Waals surface area contributed by atoms with Crippen molar-refractivity contribution in [2.24, 2.45) is 5.92 Å². The lowest BCUT2D eigenvalue weighted by molar-refractivity contribution is 0.359. The third-order valence-corrected chi connectivity index (χ3v) is 8.66. The van der Waals surface area contributed by atoms with Gasteiger partial charge in [-0.2, -0.15) is 0 Å². The average Bonchev–Trinajstić information content (AvgIpc) is 3.51. The zero-order chi connectivity index (χ0) is 25.1. The van der Waals surface area contributed by atoms with Crippen LogP contribution in [0.25, 0.3) is 33.1 Å². The Labute approximate surface area is 223 Å². The smallest absolute Gasteiger partial charge is 0.0623 e. The van der Waals surface area contributed by atoms with Crippen molar-refractivity contribution in [3.63, 3.8) is 0 Å². The van der Waals surface area contributed by atoms with Crippen molar-refractivity contribution < 1.29 is 0 Å². The fourth-order valence-electron chi connectivity index (χ4n) is 7.02. The van der Waals surface area contributed by atoms with Gasteiger partial charge in [-0.05, 0) is 78.8 Å². The van der Waals surface area contributed by atoms with E-state index in [-0.39, 0.29) is 0 Å². The van der Waals surface area contributed by atoms with Gasteiger partial charge in [-0.1, -0.05) is 85.0 Å². The van der Waals surface area contributed by atoms with Gasteiger partial charge in [0, 0.05) is 33.8 Å². The van der Waals surface area contributed by atoms with E-state index in [1.165, 1.54) is 56.4 Å². The lowest BCUT2D eigenvalue weighted by atomic mass is 9.87. The molecule has 1 aliphatic heterocycles. The molecule has 2 unspecified atom stereocenters. The molecule has 2 heteroatoms. The molecule has 1 aromatic heterocycles. The number of allylic oxidation sites excluding steroid dienone is 8. The second kappa shape index (κ2) is 8.63. The van der Waals surface area contributed by atoms with Crippen LogP contribution in [0.2, 0.25) is 0 Å². The highest BCUT2D eigenvalue weighted by Gasteiger charge is 2.39. The molecule has 0 amide bonds. The Kier molecular flexibility index (Phi) is 4.94. The molecule has 0 saturated carbocycles. The molecule has 0 N–H and O–H groups in total. The van der Waals surface area contributed by atoms with Crippen molar-refractivity contribution in [2.75, 3.05) is 0 Å². The van der Waals surface area contributed by atoms with Crippen LogP contribution in [0.4, 0.5) is 0 Å². The summed E-state index contributed by atoms with van der Waals surface area (Å²) < 4.78 is 2.41. The van der Waals surface area contributed by atoms with Crippen LogP contribution >= 0.6 is 0 Å². The van der Waals surface area contributed by atoms with E-state index >= 15 is 0 Å². The third kappa shape index (κ3) is 3.26.